The molecular formula is C25H33F2N3O4. The number of carbonyl (C=O) groups is 1. The fraction of sp³-hybridized carbons (Fsp3) is 0.520. The number of nitrogen functional groups attached to an aromatic ring is 1. The fourth-order valence-electron chi connectivity index (χ4n) is 4.66. The highest BCUT2D eigenvalue weighted by Crippen LogP contribution is 2.35. The number of carbonyl (C=O) groups excluding carboxylic acids is 1. The molecule has 186 valence electrons. The maximum atomic E-state index is 11.6. The molecule has 3 aliphatic rings. The number of hydrogen-bond acceptors (Lipinski definition) is 7. The molecule has 0 unspecified atom stereocenters. The quantitative estimate of drug-likeness (QED) is 0.721. The lowest BCUT2D eigenvalue weighted by molar-refractivity contribution is -0.0980. The highest BCUT2D eigenvalue weighted by molar-refractivity contribution is 5.52. The Morgan fingerprint density at radius 2 is 1.91 bits per heavy atom. The van der Waals surface area contributed by atoms with Gasteiger partial charge in [-0.2, -0.15) is 8.78 Å². The number of halogens is 2. The molecule has 7 nitrogen and oxygen atoms in total. The van der Waals surface area contributed by atoms with Crippen LogP contribution in [0.15, 0.2) is 24.3 Å². The number of morpholine rings is 1. The average Bonchev–Trinajstić information content (AvgIpc) is 3.33. The number of ether oxygens (including phenoxy) is 3. The Kier molecular flexibility index (Phi) is 9.74. The van der Waals surface area contributed by atoms with Gasteiger partial charge in [-0.25, -0.2) is 4.98 Å². The topological polar surface area (TPSA) is 86.9 Å². The number of benzene rings is 1. The summed E-state index contributed by atoms with van der Waals surface area (Å²) in [7, 11) is 0. The second-order valence-corrected chi connectivity index (χ2v) is 8.59. The van der Waals surface area contributed by atoms with Crippen LogP contribution in [0.3, 0.4) is 0 Å². The van der Waals surface area contributed by atoms with Gasteiger partial charge in [0.2, 0.25) is 0 Å². The molecule has 0 radical (unpaired) electrons. The van der Waals surface area contributed by atoms with Gasteiger partial charge >= 0.3 is 6.61 Å². The van der Waals surface area contributed by atoms with Crippen molar-refractivity contribution in [1.82, 2.24) is 9.88 Å². The van der Waals surface area contributed by atoms with Crippen LogP contribution in [-0.2, 0) is 40.3 Å². The normalized spacial score (nSPS) is 19.2. The Labute approximate surface area is 199 Å². The summed E-state index contributed by atoms with van der Waals surface area (Å²) in [5.74, 6) is 1.62. The Morgan fingerprint density at radius 1 is 1.18 bits per heavy atom. The van der Waals surface area contributed by atoms with E-state index in [4.69, 9.17) is 20.0 Å². The summed E-state index contributed by atoms with van der Waals surface area (Å²) in [5.41, 5.74) is 12.1. The lowest BCUT2D eigenvalue weighted by Gasteiger charge is -2.33. The zero-order chi connectivity index (χ0) is 24.5. The van der Waals surface area contributed by atoms with E-state index in [1.807, 2.05) is 19.8 Å². The van der Waals surface area contributed by atoms with Gasteiger partial charge in [-0.3, -0.25) is 4.90 Å². The minimum atomic E-state index is -2.74. The van der Waals surface area contributed by atoms with E-state index < -0.39 is 6.61 Å². The smallest absolute Gasteiger partial charge is 0.387 e. The molecule has 9 heteroatoms. The van der Waals surface area contributed by atoms with Crippen molar-refractivity contribution in [2.75, 3.05) is 38.6 Å². The third-order valence-corrected chi connectivity index (χ3v) is 6.25. The van der Waals surface area contributed by atoms with Crippen LogP contribution in [0.2, 0.25) is 0 Å². The largest absolute Gasteiger partial charge is 0.435 e. The van der Waals surface area contributed by atoms with Gasteiger partial charge in [0.15, 0.2) is 0 Å². The van der Waals surface area contributed by atoms with Crippen molar-refractivity contribution < 1.29 is 27.8 Å². The predicted octanol–water partition coefficient (Wildman–Crippen LogP) is 3.54. The number of fused-ring (bicyclic) bond motifs is 3. The zero-order valence-corrected chi connectivity index (χ0v) is 19.6. The van der Waals surface area contributed by atoms with E-state index in [0.29, 0.717) is 19.0 Å². The first-order valence-electron chi connectivity index (χ1n) is 11.5. The molecule has 5 rings (SSSR count). The van der Waals surface area contributed by atoms with Crippen molar-refractivity contribution in [3.05, 3.63) is 52.2 Å². The molecule has 1 atom stereocenters. The fourth-order valence-corrected chi connectivity index (χ4v) is 4.66. The monoisotopic (exact) mass is 477 g/mol. The van der Waals surface area contributed by atoms with Crippen LogP contribution in [0.25, 0.3) is 0 Å². The van der Waals surface area contributed by atoms with Gasteiger partial charge in [-0.05, 0) is 60.9 Å². The van der Waals surface area contributed by atoms with Gasteiger partial charge in [0, 0.05) is 30.9 Å². The van der Waals surface area contributed by atoms with Crippen LogP contribution < -0.4 is 10.5 Å². The van der Waals surface area contributed by atoms with E-state index >= 15 is 0 Å². The summed E-state index contributed by atoms with van der Waals surface area (Å²) < 4.78 is 38.5. The van der Waals surface area contributed by atoms with Crippen molar-refractivity contribution in [1.29, 1.82) is 0 Å². The molecule has 2 aromatic rings. The van der Waals surface area contributed by atoms with Gasteiger partial charge in [0.05, 0.1) is 26.4 Å². The van der Waals surface area contributed by atoms with Crippen molar-refractivity contribution in [2.24, 2.45) is 5.92 Å². The molecular weight excluding hydrogens is 444 g/mol. The van der Waals surface area contributed by atoms with E-state index in [1.165, 1.54) is 35.9 Å². The number of nitrogens with two attached hydrogens (primary N) is 1. The Morgan fingerprint density at radius 3 is 2.62 bits per heavy atom. The number of aryl methyl sites for hydroxylation is 2. The molecule has 1 aromatic carbocycles. The molecule has 0 bridgehead atoms. The Bertz CT molecular complexity index is 939. The van der Waals surface area contributed by atoms with Gasteiger partial charge in [-0.1, -0.05) is 12.1 Å². The molecule has 1 saturated heterocycles. The van der Waals surface area contributed by atoms with Crippen LogP contribution in [-0.4, -0.2) is 56.1 Å². The Hall–Kier alpha value is -2.62. The summed E-state index contributed by atoms with van der Waals surface area (Å²) in [6.45, 7) is 7.52. The van der Waals surface area contributed by atoms with Gasteiger partial charge in [-0.15, -0.1) is 0 Å². The highest BCUT2D eigenvalue weighted by atomic mass is 19.3. The summed E-state index contributed by atoms with van der Waals surface area (Å²) >= 11 is 0. The van der Waals surface area contributed by atoms with Gasteiger partial charge < -0.3 is 24.7 Å². The summed E-state index contributed by atoms with van der Waals surface area (Å²) in [6.07, 6.45) is 3.41. The van der Waals surface area contributed by atoms with Crippen LogP contribution in [0.4, 0.5) is 14.6 Å². The van der Waals surface area contributed by atoms with E-state index in [2.05, 4.69) is 14.6 Å². The first-order chi connectivity index (χ1) is 16.5. The third-order valence-electron chi connectivity index (χ3n) is 6.25. The molecule has 2 aliphatic heterocycles. The maximum Gasteiger partial charge on any atom is 0.387 e. The molecule has 2 N–H and O–H groups in total. The lowest BCUT2D eigenvalue weighted by Crippen LogP contribution is -2.40. The van der Waals surface area contributed by atoms with Gasteiger partial charge in [0.25, 0.3) is 0 Å². The second kappa shape index (κ2) is 12.7. The van der Waals surface area contributed by atoms with E-state index in [9.17, 15) is 8.78 Å². The highest BCUT2D eigenvalue weighted by Gasteiger charge is 2.29. The standard InChI is InChI=1S/C16H23N3O2.C8H8F2O.CH2O/c17-16-14-10-21-9-13(14)12-7-11(1-2-15(12)18-16)8-19-3-5-20-6-4-19;1-6-3-2-4-7(5-6)11-8(9)10;1-2/h11H,1-10H2,(H2,17,18);2-5,8H,1H3;1H2/t11-;;/m0../s1. The van der Waals surface area contributed by atoms with Crippen molar-refractivity contribution in [2.45, 2.75) is 46.0 Å². The number of pyridine rings is 1. The van der Waals surface area contributed by atoms with E-state index in [0.717, 1.165) is 56.2 Å². The van der Waals surface area contributed by atoms with Crippen LogP contribution in [0, 0.1) is 12.8 Å². The number of anilines is 1. The second-order valence-electron chi connectivity index (χ2n) is 8.59. The number of aromatic nitrogens is 1. The SMILES string of the molecule is C=O.Cc1cccc(OC(F)F)c1.Nc1nc2c(c3c1COC3)C[C@@H](CN1CCOCC1)CC2. The summed E-state index contributed by atoms with van der Waals surface area (Å²) in [4.78, 5) is 15.2. The molecule has 1 aliphatic carbocycles. The van der Waals surface area contributed by atoms with Crippen LogP contribution in [0.5, 0.6) is 5.75 Å². The molecule has 34 heavy (non-hydrogen) atoms. The van der Waals surface area contributed by atoms with Crippen molar-refractivity contribution >= 4 is 12.6 Å². The summed E-state index contributed by atoms with van der Waals surface area (Å²) in [5, 5.41) is 0. The molecule has 1 aromatic heterocycles. The molecule has 0 spiro atoms. The Balaban J connectivity index is 0.000000212. The van der Waals surface area contributed by atoms with Crippen molar-refractivity contribution in [3.63, 3.8) is 0 Å². The molecule has 0 saturated carbocycles. The number of rotatable bonds is 4. The average molecular weight is 478 g/mol. The first kappa shape index (κ1) is 26.0. The molecule has 3 heterocycles. The maximum absolute atomic E-state index is 11.6. The van der Waals surface area contributed by atoms with Crippen LogP contribution in [0.1, 0.15) is 34.4 Å². The van der Waals surface area contributed by atoms with E-state index in [-0.39, 0.29) is 5.75 Å². The van der Waals surface area contributed by atoms with Crippen molar-refractivity contribution in [3.8, 4) is 5.75 Å². The summed E-state index contributed by atoms with van der Waals surface area (Å²) in [6, 6.07) is 6.55. The minimum absolute atomic E-state index is 0.208. The molecule has 0 amide bonds. The number of nitrogens with zero attached hydrogens (tertiary/aromatic N) is 2. The minimum Gasteiger partial charge on any atom is -0.435 e. The van der Waals surface area contributed by atoms with E-state index in [1.54, 1.807) is 12.1 Å². The van der Waals surface area contributed by atoms with Crippen LogP contribution >= 0.6 is 0 Å². The predicted molar refractivity (Wildman–Crippen MR) is 125 cm³/mol. The number of hydrogen-bond donors (Lipinski definition) is 1. The number of alkyl halides is 2. The van der Waals surface area contributed by atoms with Gasteiger partial charge in [0.1, 0.15) is 18.4 Å². The third kappa shape index (κ3) is 6.94. The molecule has 1 fully saturated rings. The first-order valence-corrected chi connectivity index (χ1v) is 11.5. The zero-order valence-electron chi connectivity index (χ0n) is 19.6. The lowest BCUT2D eigenvalue weighted by atomic mass is 9.83.